The lowest BCUT2D eigenvalue weighted by Gasteiger charge is -2.14. The number of carbonyl (C=O) groups excluding carboxylic acids is 1. The van der Waals surface area contributed by atoms with E-state index in [-0.39, 0.29) is 12.0 Å². The highest BCUT2D eigenvalue weighted by atomic mass is 19.4. The van der Waals surface area contributed by atoms with Gasteiger partial charge in [-0.3, -0.25) is 4.79 Å². The van der Waals surface area contributed by atoms with Crippen LogP contribution in [-0.4, -0.2) is 23.0 Å². The quantitative estimate of drug-likeness (QED) is 0.627. The Morgan fingerprint density at radius 3 is 2.32 bits per heavy atom. The molecule has 0 radical (unpaired) electrons. The Bertz CT molecular complexity index is 573. The summed E-state index contributed by atoms with van der Waals surface area (Å²) in [5, 5.41) is 11.3. The number of hydrogen-bond donors (Lipinski definition) is 2. The van der Waals surface area contributed by atoms with Crippen molar-refractivity contribution < 1.29 is 27.9 Å². The number of carboxylic acid groups (broad SMARTS) is 1. The summed E-state index contributed by atoms with van der Waals surface area (Å²) < 4.78 is 37.2. The Morgan fingerprint density at radius 2 is 1.86 bits per heavy atom. The maximum absolute atomic E-state index is 12.4. The summed E-state index contributed by atoms with van der Waals surface area (Å²) in [6, 6.07) is 2.39. The SMILES string of the molecule is C#CCCC[C@H](NC(=O)c1ccc(C(F)(F)F)cc1)C(=O)O. The van der Waals surface area contributed by atoms with E-state index in [9.17, 15) is 22.8 Å². The lowest BCUT2D eigenvalue weighted by atomic mass is 10.1. The first kappa shape index (κ1) is 17.6. The third-order valence-corrected chi connectivity index (χ3v) is 2.89. The van der Waals surface area contributed by atoms with Gasteiger partial charge in [0.05, 0.1) is 5.56 Å². The highest BCUT2D eigenvalue weighted by Crippen LogP contribution is 2.29. The van der Waals surface area contributed by atoms with Crippen LogP contribution in [0, 0.1) is 12.3 Å². The summed E-state index contributed by atoms with van der Waals surface area (Å²) in [4.78, 5) is 22.9. The van der Waals surface area contributed by atoms with Gasteiger partial charge in [0.25, 0.3) is 5.91 Å². The molecule has 1 aromatic carbocycles. The Hall–Kier alpha value is -2.49. The van der Waals surface area contributed by atoms with Crippen molar-refractivity contribution in [1.29, 1.82) is 0 Å². The van der Waals surface area contributed by atoms with Crippen LogP contribution in [0.5, 0.6) is 0 Å². The lowest BCUT2D eigenvalue weighted by molar-refractivity contribution is -0.139. The number of unbranched alkanes of at least 4 members (excludes halogenated alkanes) is 1. The smallest absolute Gasteiger partial charge is 0.416 e. The minimum Gasteiger partial charge on any atom is -0.480 e. The molecule has 0 heterocycles. The first-order valence-electron chi connectivity index (χ1n) is 6.40. The monoisotopic (exact) mass is 313 g/mol. The van der Waals surface area contributed by atoms with Gasteiger partial charge in [0.2, 0.25) is 0 Å². The fourth-order valence-electron chi connectivity index (χ4n) is 1.72. The van der Waals surface area contributed by atoms with Gasteiger partial charge in [0.1, 0.15) is 6.04 Å². The minimum atomic E-state index is -4.49. The number of amides is 1. The maximum atomic E-state index is 12.4. The standard InChI is InChI=1S/C15H14F3NO3/c1-2-3-4-5-12(14(21)22)19-13(20)10-6-8-11(9-7-10)15(16,17)18/h1,6-9,12H,3-5H2,(H,19,20)(H,21,22)/t12-/m0/s1. The number of carbonyl (C=O) groups is 2. The number of carboxylic acids is 1. The molecule has 4 nitrogen and oxygen atoms in total. The predicted octanol–water partition coefficient (Wildman–Crippen LogP) is 2.69. The molecule has 0 aliphatic heterocycles. The number of halogens is 3. The van der Waals surface area contributed by atoms with Gasteiger partial charge in [-0.15, -0.1) is 12.3 Å². The van der Waals surface area contributed by atoms with Crippen LogP contribution in [0.15, 0.2) is 24.3 Å². The van der Waals surface area contributed by atoms with Crippen LogP contribution in [0.2, 0.25) is 0 Å². The fourth-order valence-corrected chi connectivity index (χ4v) is 1.72. The van der Waals surface area contributed by atoms with E-state index < -0.39 is 29.7 Å². The minimum absolute atomic E-state index is 0.0452. The van der Waals surface area contributed by atoms with Crippen LogP contribution in [0.3, 0.4) is 0 Å². The number of benzene rings is 1. The molecule has 0 unspecified atom stereocenters. The van der Waals surface area contributed by atoms with Crippen molar-refractivity contribution in [3.05, 3.63) is 35.4 Å². The van der Waals surface area contributed by atoms with Gasteiger partial charge >= 0.3 is 12.1 Å². The maximum Gasteiger partial charge on any atom is 0.416 e. The summed E-state index contributed by atoms with van der Waals surface area (Å²) in [5.74, 6) is 0.382. The van der Waals surface area contributed by atoms with E-state index in [1.54, 1.807) is 0 Å². The van der Waals surface area contributed by atoms with Gasteiger partial charge in [-0.1, -0.05) is 0 Å². The van der Waals surface area contributed by atoms with E-state index >= 15 is 0 Å². The molecule has 0 aromatic heterocycles. The van der Waals surface area contributed by atoms with E-state index in [1.165, 1.54) is 0 Å². The van der Waals surface area contributed by atoms with Crippen LogP contribution in [-0.2, 0) is 11.0 Å². The van der Waals surface area contributed by atoms with E-state index in [0.29, 0.717) is 12.8 Å². The first-order valence-corrected chi connectivity index (χ1v) is 6.40. The predicted molar refractivity (Wildman–Crippen MR) is 73.0 cm³/mol. The number of aliphatic carboxylic acids is 1. The molecule has 1 rings (SSSR count). The molecule has 0 aliphatic carbocycles. The third-order valence-electron chi connectivity index (χ3n) is 2.89. The molecule has 0 saturated heterocycles. The van der Waals surface area contributed by atoms with Gasteiger partial charge in [-0.2, -0.15) is 13.2 Å². The molecule has 1 atom stereocenters. The zero-order valence-electron chi connectivity index (χ0n) is 11.5. The van der Waals surface area contributed by atoms with Crippen molar-refractivity contribution in [3.63, 3.8) is 0 Å². The molecule has 22 heavy (non-hydrogen) atoms. The number of rotatable bonds is 6. The molecule has 118 valence electrons. The van der Waals surface area contributed by atoms with E-state index in [2.05, 4.69) is 11.2 Å². The Morgan fingerprint density at radius 1 is 1.27 bits per heavy atom. The Labute approximate surface area is 125 Å². The normalized spacial score (nSPS) is 12.3. The topological polar surface area (TPSA) is 66.4 Å². The Kier molecular flexibility index (Phi) is 5.99. The largest absolute Gasteiger partial charge is 0.480 e. The number of nitrogens with one attached hydrogen (secondary N) is 1. The average molecular weight is 313 g/mol. The summed E-state index contributed by atoms with van der Waals surface area (Å²) in [6.07, 6.45) is 1.50. The highest BCUT2D eigenvalue weighted by molar-refractivity contribution is 5.96. The summed E-state index contributed by atoms with van der Waals surface area (Å²) in [6.45, 7) is 0. The molecule has 0 spiro atoms. The summed E-state index contributed by atoms with van der Waals surface area (Å²) in [5.41, 5.74) is -0.927. The van der Waals surface area contributed by atoms with Crippen LogP contribution >= 0.6 is 0 Å². The van der Waals surface area contributed by atoms with E-state index in [1.807, 2.05) is 0 Å². The van der Waals surface area contributed by atoms with Crippen LogP contribution in [0.4, 0.5) is 13.2 Å². The number of terminal acetylenes is 1. The second-order valence-corrected chi connectivity index (χ2v) is 4.54. The van der Waals surface area contributed by atoms with E-state index in [4.69, 9.17) is 11.5 Å². The molecular formula is C15H14F3NO3. The molecule has 0 aliphatic rings. The molecule has 0 fully saturated rings. The molecule has 7 heteroatoms. The van der Waals surface area contributed by atoms with Crippen molar-refractivity contribution in [3.8, 4) is 12.3 Å². The third kappa shape index (κ3) is 5.13. The fraction of sp³-hybridized carbons (Fsp3) is 0.333. The van der Waals surface area contributed by atoms with E-state index in [0.717, 1.165) is 24.3 Å². The van der Waals surface area contributed by atoms with Crippen LogP contribution < -0.4 is 5.32 Å². The molecule has 1 aromatic rings. The van der Waals surface area contributed by atoms with Gasteiger partial charge in [-0.25, -0.2) is 4.79 Å². The molecule has 1 amide bonds. The second kappa shape index (κ2) is 7.50. The number of hydrogen-bond acceptors (Lipinski definition) is 2. The molecule has 2 N–H and O–H groups in total. The molecular weight excluding hydrogens is 299 g/mol. The van der Waals surface area contributed by atoms with Crippen LogP contribution in [0.1, 0.15) is 35.2 Å². The van der Waals surface area contributed by atoms with Gasteiger partial charge in [-0.05, 0) is 37.1 Å². The van der Waals surface area contributed by atoms with Crippen molar-refractivity contribution >= 4 is 11.9 Å². The van der Waals surface area contributed by atoms with Crippen molar-refractivity contribution in [1.82, 2.24) is 5.32 Å². The summed E-state index contributed by atoms with van der Waals surface area (Å²) in [7, 11) is 0. The van der Waals surface area contributed by atoms with Crippen LogP contribution in [0.25, 0.3) is 0 Å². The lowest BCUT2D eigenvalue weighted by Crippen LogP contribution is -2.40. The van der Waals surface area contributed by atoms with Gasteiger partial charge in [0.15, 0.2) is 0 Å². The van der Waals surface area contributed by atoms with Gasteiger partial charge < -0.3 is 10.4 Å². The first-order chi connectivity index (χ1) is 10.3. The highest BCUT2D eigenvalue weighted by Gasteiger charge is 2.30. The van der Waals surface area contributed by atoms with Gasteiger partial charge in [0, 0.05) is 12.0 Å². The average Bonchev–Trinajstić information content (AvgIpc) is 2.45. The summed E-state index contributed by atoms with van der Waals surface area (Å²) >= 11 is 0. The zero-order valence-corrected chi connectivity index (χ0v) is 11.5. The Balaban J connectivity index is 2.74. The van der Waals surface area contributed by atoms with Crippen molar-refractivity contribution in [2.45, 2.75) is 31.5 Å². The van der Waals surface area contributed by atoms with Crippen molar-refractivity contribution in [2.75, 3.05) is 0 Å². The molecule has 0 bridgehead atoms. The second-order valence-electron chi connectivity index (χ2n) is 4.54. The zero-order chi connectivity index (χ0) is 16.8. The number of alkyl halides is 3. The van der Waals surface area contributed by atoms with Crippen molar-refractivity contribution in [2.24, 2.45) is 0 Å². The molecule has 0 saturated carbocycles.